The normalized spacial score (nSPS) is 32.2. The monoisotopic (exact) mass is 271 g/mol. The van der Waals surface area contributed by atoms with E-state index < -0.39 is 0 Å². The van der Waals surface area contributed by atoms with E-state index in [9.17, 15) is 0 Å². The molecule has 19 heavy (non-hydrogen) atoms. The Kier molecular flexibility index (Phi) is 6.74. The average Bonchev–Trinajstić information content (AvgIpc) is 2.32. The van der Waals surface area contributed by atoms with Gasteiger partial charge in [0.15, 0.2) is 0 Å². The number of rotatable bonds is 7. The molecule has 0 aromatic rings. The van der Waals surface area contributed by atoms with Gasteiger partial charge in [0.25, 0.3) is 0 Å². The molecule has 1 aliphatic heterocycles. The second kappa shape index (κ2) is 7.58. The minimum atomic E-state index is 0.137. The van der Waals surface area contributed by atoms with Crippen molar-refractivity contribution in [1.29, 1.82) is 0 Å². The minimum Gasteiger partial charge on any atom is -0.375 e. The van der Waals surface area contributed by atoms with E-state index in [1.54, 1.807) is 0 Å². The van der Waals surface area contributed by atoms with Crippen molar-refractivity contribution in [2.45, 2.75) is 57.8 Å². The van der Waals surface area contributed by atoms with Crippen LogP contribution in [0.25, 0.3) is 0 Å². The van der Waals surface area contributed by atoms with Gasteiger partial charge in [-0.05, 0) is 66.8 Å². The Labute approximate surface area is 119 Å². The summed E-state index contributed by atoms with van der Waals surface area (Å²) >= 11 is 0. The molecule has 0 aromatic carbocycles. The van der Waals surface area contributed by atoms with Crippen LogP contribution in [-0.2, 0) is 4.74 Å². The van der Waals surface area contributed by atoms with Gasteiger partial charge < -0.3 is 15.4 Å². The summed E-state index contributed by atoms with van der Waals surface area (Å²) in [5, 5.41) is 0. The topological polar surface area (TPSA) is 41.7 Å². The molecule has 0 aliphatic carbocycles. The zero-order chi connectivity index (χ0) is 14.5. The highest BCUT2D eigenvalue weighted by molar-refractivity contribution is 4.97. The smallest absolute Gasteiger partial charge is 0.0568 e. The van der Waals surface area contributed by atoms with E-state index in [0.29, 0.717) is 12.2 Å². The van der Waals surface area contributed by atoms with E-state index in [1.807, 2.05) is 0 Å². The summed E-state index contributed by atoms with van der Waals surface area (Å²) in [6, 6.07) is 0. The molecule has 1 aliphatic rings. The van der Waals surface area contributed by atoms with Crippen LogP contribution in [0, 0.1) is 0 Å². The third kappa shape index (κ3) is 4.71. The SMILES string of the molecule is CCN(CCCN(C)C)C1(CN)CC(C)OC(C)C1. The maximum absolute atomic E-state index is 6.16. The molecule has 0 saturated carbocycles. The molecule has 1 fully saturated rings. The fraction of sp³-hybridized carbons (Fsp3) is 1.00. The largest absolute Gasteiger partial charge is 0.375 e. The van der Waals surface area contributed by atoms with Crippen molar-refractivity contribution in [3.8, 4) is 0 Å². The van der Waals surface area contributed by atoms with Gasteiger partial charge in [-0.25, -0.2) is 0 Å². The van der Waals surface area contributed by atoms with Crippen LogP contribution in [0.15, 0.2) is 0 Å². The zero-order valence-corrected chi connectivity index (χ0v) is 13.5. The molecular weight excluding hydrogens is 238 g/mol. The molecule has 0 aromatic heterocycles. The van der Waals surface area contributed by atoms with Gasteiger partial charge in [0, 0.05) is 12.1 Å². The van der Waals surface area contributed by atoms with Crippen molar-refractivity contribution in [3.63, 3.8) is 0 Å². The third-order valence-electron chi connectivity index (χ3n) is 4.27. The van der Waals surface area contributed by atoms with E-state index >= 15 is 0 Å². The summed E-state index contributed by atoms with van der Waals surface area (Å²) in [5.41, 5.74) is 6.30. The molecule has 0 spiro atoms. The lowest BCUT2D eigenvalue weighted by Gasteiger charge is -2.49. The standard InChI is InChI=1S/C15H33N3O/c1-6-18(9-7-8-17(4)5)15(12-16)10-13(2)19-14(3)11-15/h13-14H,6-12,16H2,1-5H3. The zero-order valence-electron chi connectivity index (χ0n) is 13.5. The number of nitrogens with two attached hydrogens (primary N) is 1. The highest BCUT2D eigenvalue weighted by Gasteiger charge is 2.41. The van der Waals surface area contributed by atoms with Crippen LogP contribution < -0.4 is 5.73 Å². The Hall–Kier alpha value is -0.160. The summed E-state index contributed by atoms with van der Waals surface area (Å²) in [6.45, 7) is 10.7. The van der Waals surface area contributed by atoms with E-state index in [-0.39, 0.29) is 5.54 Å². The molecule has 4 nitrogen and oxygen atoms in total. The van der Waals surface area contributed by atoms with Crippen LogP contribution in [0.5, 0.6) is 0 Å². The second-order valence-corrected chi connectivity index (χ2v) is 6.33. The number of likely N-dealkylation sites (N-methyl/N-ethyl adjacent to an activating group) is 1. The Morgan fingerprint density at radius 1 is 1.16 bits per heavy atom. The Morgan fingerprint density at radius 2 is 1.74 bits per heavy atom. The third-order valence-corrected chi connectivity index (χ3v) is 4.27. The first kappa shape index (κ1) is 16.9. The lowest BCUT2D eigenvalue weighted by Crippen LogP contribution is -2.60. The van der Waals surface area contributed by atoms with Crippen LogP contribution in [0.4, 0.5) is 0 Å². The average molecular weight is 271 g/mol. The predicted molar refractivity (Wildman–Crippen MR) is 81.4 cm³/mol. The molecule has 1 saturated heterocycles. The minimum absolute atomic E-state index is 0.137. The van der Waals surface area contributed by atoms with Crippen molar-refractivity contribution >= 4 is 0 Å². The summed E-state index contributed by atoms with van der Waals surface area (Å²) in [6.07, 6.45) is 3.95. The Morgan fingerprint density at radius 3 is 2.16 bits per heavy atom. The van der Waals surface area contributed by atoms with Crippen molar-refractivity contribution in [2.75, 3.05) is 40.3 Å². The molecule has 0 radical (unpaired) electrons. The Bertz CT molecular complexity index is 248. The maximum atomic E-state index is 6.16. The van der Waals surface area contributed by atoms with Gasteiger partial charge in [-0.2, -0.15) is 0 Å². The van der Waals surface area contributed by atoms with Crippen molar-refractivity contribution in [1.82, 2.24) is 9.80 Å². The lowest BCUT2D eigenvalue weighted by atomic mass is 9.82. The molecule has 2 atom stereocenters. The summed E-state index contributed by atoms with van der Waals surface area (Å²) < 4.78 is 5.89. The van der Waals surface area contributed by atoms with Gasteiger partial charge in [-0.1, -0.05) is 6.92 Å². The van der Waals surface area contributed by atoms with Crippen LogP contribution in [0.2, 0.25) is 0 Å². The second-order valence-electron chi connectivity index (χ2n) is 6.33. The lowest BCUT2D eigenvalue weighted by molar-refractivity contribution is -0.102. The number of nitrogens with zero attached hydrogens (tertiary/aromatic N) is 2. The molecule has 4 heteroatoms. The Balaban J connectivity index is 2.67. The molecule has 114 valence electrons. The van der Waals surface area contributed by atoms with E-state index in [2.05, 4.69) is 44.7 Å². The van der Waals surface area contributed by atoms with Gasteiger partial charge in [0.2, 0.25) is 0 Å². The van der Waals surface area contributed by atoms with Crippen LogP contribution in [0.3, 0.4) is 0 Å². The summed E-state index contributed by atoms with van der Waals surface area (Å²) in [7, 11) is 4.27. The molecule has 1 heterocycles. The highest BCUT2D eigenvalue weighted by atomic mass is 16.5. The molecular formula is C15H33N3O. The fourth-order valence-corrected chi connectivity index (χ4v) is 3.51. The van der Waals surface area contributed by atoms with Crippen LogP contribution in [-0.4, -0.2) is 67.8 Å². The van der Waals surface area contributed by atoms with Crippen molar-refractivity contribution < 1.29 is 4.74 Å². The fourth-order valence-electron chi connectivity index (χ4n) is 3.51. The van der Waals surface area contributed by atoms with E-state index in [4.69, 9.17) is 10.5 Å². The van der Waals surface area contributed by atoms with Gasteiger partial charge in [-0.15, -0.1) is 0 Å². The van der Waals surface area contributed by atoms with E-state index in [1.165, 1.54) is 6.42 Å². The van der Waals surface area contributed by atoms with E-state index in [0.717, 1.165) is 39.0 Å². The first-order chi connectivity index (χ1) is 8.93. The highest BCUT2D eigenvalue weighted by Crippen LogP contribution is 2.33. The molecule has 2 N–H and O–H groups in total. The number of ether oxygens (including phenoxy) is 1. The van der Waals surface area contributed by atoms with Gasteiger partial charge in [0.05, 0.1) is 12.2 Å². The first-order valence-electron chi connectivity index (χ1n) is 7.69. The van der Waals surface area contributed by atoms with Crippen molar-refractivity contribution in [3.05, 3.63) is 0 Å². The molecule has 2 unspecified atom stereocenters. The first-order valence-corrected chi connectivity index (χ1v) is 7.69. The molecule has 0 bridgehead atoms. The molecule has 1 rings (SSSR count). The summed E-state index contributed by atoms with van der Waals surface area (Å²) in [5.74, 6) is 0. The number of hydrogen-bond donors (Lipinski definition) is 1. The quantitative estimate of drug-likeness (QED) is 0.763. The van der Waals surface area contributed by atoms with Crippen molar-refractivity contribution in [2.24, 2.45) is 5.73 Å². The maximum Gasteiger partial charge on any atom is 0.0568 e. The predicted octanol–water partition coefficient (Wildman–Crippen LogP) is 1.54. The molecule has 0 amide bonds. The van der Waals surface area contributed by atoms with Gasteiger partial charge in [-0.3, -0.25) is 4.90 Å². The number of hydrogen-bond acceptors (Lipinski definition) is 4. The van der Waals surface area contributed by atoms with Crippen LogP contribution >= 0.6 is 0 Å². The van der Waals surface area contributed by atoms with Crippen LogP contribution in [0.1, 0.15) is 40.0 Å². The summed E-state index contributed by atoms with van der Waals surface area (Å²) in [4.78, 5) is 4.84. The van der Waals surface area contributed by atoms with Gasteiger partial charge >= 0.3 is 0 Å². The van der Waals surface area contributed by atoms with Gasteiger partial charge in [0.1, 0.15) is 0 Å².